The molecule has 22 heavy (non-hydrogen) atoms. The van der Waals surface area contributed by atoms with Gasteiger partial charge in [-0.3, -0.25) is 4.99 Å². The van der Waals surface area contributed by atoms with Crippen LogP contribution in [-0.4, -0.2) is 44.2 Å². The Hall–Kier alpha value is -1.69. The maximum atomic E-state index is 13.2. The highest BCUT2D eigenvalue weighted by molar-refractivity contribution is 5.80. The van der Waals surface area contributed by atoms with E-state index in [0.29, 0.717) is 12.1 Å². The van der Waals surface area contributed by atoms with Crippen LogP contribution in [-0.2, 0) is 11.3 Å². The minimum Gasteiger partial charge on any atom is -0.381 e. The molecule has 2 saturated heterocycles. The summed E-state index contributed by atoms with van der Waals surface area (Å²) in [4.78, 5) is 6.49. The van der Waals surface area contributed by atoms with E-state index >= 15 is 0 Å². The smallest absolute Gasteiger partial charge is 0.193 e. The van der Waals surface area contributed by atoms with E-state index in [1.54, 1.807) is 7.05 Å². The average molecular weight is 309 g/mol. The largest absolute Gasteiger partial charge is 0.381 e. The SMILES string of the molecule is CN=C(NCc1cc(F)cc(F)c1)N1CCC2(CCOC2)C1. The van der Waals surface area contributed by atoms with Crippen LogP contribution in [0.25, 0.3) is 0 Å². The fourth-order valence-corrected chi connectivity index (χ4v) is 3.31. The molecule has 2 aliphatic rings. The molecule has 1 unspecified atom stereocenters. The van der Waals surface area contributed by atoms with E-state index < -0.39 is 11.6 Å². The number of hydrogen-bond acceptors (Lipinski definition) is 2. The molecule has 1 N–H and O–H groups in total. The summed E-state index contributed by atoms with van der Waals surface area (Å²) in [6, 6.07) is 3.54. The number of nitrogens with one attached hydrogen (secondary N) is 1. The fourth-order valence-electron chi connectivity index (χ4n) is 3.31. The highest BCUT2D eigenvalue weighted by atomic mass is 19.1. The monoisotopic (exact) mass is 309 g/mol. The van der Waals surface area contributed by atoms with Gasteiger partial charge in [0.2, 0.25) is 0 Å². The summed E-state index contributed by atoms with van der Waals surface area (Å²) < 4.78 is 32.0. The lowest BCUT2D eigenvalue weighted by Crippen LogP contribution is -2.41. The normalized spacial score (nSPS) is 25.2. The van der Waals surface area contributed by atoms with Gasteiger partial charge in [0, 0.05) is 44.8 Å². The number of likely N-dealkylation sites (tertiary alicyclic amines) is 1. The van der Waals surface area contributed by atoms with Crippen molar-refractivity contribution in [2.75, 3.05) is 33.4 Å². The van der Waals surface area contributed by atoms with E-state index in [0.717, 1.165) is 51.2 Å². The Bertz CT molecular complexity index is 550. The molecule has 3 rings (SSSR count). The second-order valence-corrected chi connectivity index (χ2v) is 6.15. The van der Waals surface area contributed by atoms with E-state index in [1.165, 1.54) is 12.1 Å². The van der Waals surface area contributed by atoms with Crippen molar-refractivity contribution in [3.8, 4) is 0 Å². The van der Waals surface area contributed by atoms with E-state index in [4.69, 9.17) is 4.74 Å². The van der Waals surface area contributed by atoms with Crippen LogP contribution >= 0.6 is 0 Å². The summed E-state index contributed by atoms with van der Waals surface area (Å²) in [6.07, 6.45) is 2.19. The molecular formula is C16H21F2N3O. The van der Waals surface area contributed by atoms with Crippen LogP contribution in [0.1, 0.15) is 18.4 Å². The van der Waals surface area contributed by atoms with Crippen LogP contribution in [0.15, 0.2) is 23.2 Å². The lowest BCUT2D eigenvalue weighted by Gasteiger charge is -2.25. The molecule has 1 spiro atoms. The van der Waals surface area contributed by atoms with Gasteiger partial charge in [-0.05, 0) is 30.5 Å². The average Bonchev–Trinajstić information content (AvgIpc) is 3.10. The van der Waals surface area contributed by atoms with Crippen molar-refractivity contribution >= 4 is 5.96 Å². The minimum absolute atomic E-state index is 0.253. The maximum Gasteiger partial charge on any atom is 0.193 e. The molecule has 0 aromatic heterocycles. The molecule has 1 atom stereocenters. The summed E-state index contributed by atoms with van der Waals surface area (Å²) >= 11 is 0. The van der Waals surface area contributed by atoms with Gasteiger partial charge in [0.05, 0.1) is 6.61 Å². The summed E-state index contributed by atoms with van der Waals surface area (Å²) in [5.41, 5.74) is 0.819. The Kier molecular flexibility index (Phi) is 4.29. The number of aliphatic imine (C=N–C) groups is 1. The van der Waals surface area contributed by atoms with Gasteiger partial charge in [-0.1, -0.05) is 0 Å². The second kappa shape index (κ2) is 6.20. The Morgan fingerprint density at radius 1 is 1.32 bits per heavy atom. The first kappa shape index (κ1) is 15.2. The molecule has 0 bridgehead atoms. The molecule has 0 aliphatic carbocycles. The number of nitrogens with zero attached hydrogens (tertiary/aromatic N) is 2. The summed E-state index contributed by atoms with van der Waals surface area (Å²) in [6.45, 7) is 3.85. The van der Waals surface area contributed by atoms with Crippen LogP contribution in [0.2, 0.25) is 0 Å². The van der Waals surface area contributed by atoms with Gasteiger partial charge in [-0.2, -0.15) is 0 Å². The van der Waals surface area contributed by atoms with E-state index in [2.05, 4.69) is 15.2 Å². The Balaban J connectivity index is 1.61. The summed E-state index contributed by atoms with van der Waals surface area (Å²) in [5, 5.41) is 3.19. The Morgan fingerprint density at radius 3 is 2.73 bits per heavy atom. The van der Waals surface area contributed by atoms with Gasteiger partial charge in [-0.25, -0.2) is 8.78 Å². The van der Waals surface area contributed by atoms with Crippen molar-refractivity contribution in [1.82, 2.24) is 10.2 Å². The minimum atomic E-state index is -0.560. The third-order valence-corrected chi connectivity index (χ3v) is 4.51. The van der Waals surface area contributed by atoms with Crippen LogP contribution in [0, 0.1) is 17.0 Å². The Morgan fingerprint density at radius 2 is 2.09 bits per heavy atom. The van der Waals surface area contributed by atoms with Crippen LogP contribution in [0.5, 0.6) is 0 Å². The maximum absolute atomic E-state index is 13.2. The second-order valence-electron chi connectivity index (χ2n) is 6.15. The topological polar surface area (TPSA) is 36.9 Å². The number of halogens is 2. The molecule has 1 aromatic carbocycles. The predicted octanol–water partition coefficient (Wildman–Crippen LogP) is 2.15. The standard InChI is InChI=1S/C16H21F2N3O/c1-19-15(20-9-12-6-13(17)8-14(18)7-12)21-4-2-16(10-21)3-5-22-11-16/h6-8H,2-5,9-11H2,1H3,(H,19,20). The third-order valence-electron chi connectivity index (χ3n) is 4.51. The summed E-state index contributed by atoms with van der Waals surface area (Å²) in [7, 11) is 1.73. The molecular weight excluding hydrogens is 288 g/mol. The Labute approximate surface area is 129 Å². The van der Waals surface area contributed by atoms with Gasteiger partial charge in [0.25, 0.3) is 0 Å². The molecule has 2 fully saturated rings. The first-order chi connectivity index (χ1) is 10.6. The molecule has 1 aromatic rings. The number of guanidine groups is 1. The third kappa shape index (κ3) is 3.21. The van der Waals surface area contributed by atoms with Crippen molar-refractivity contribution in [3.05, 3.63) is 35.4 Å². The van der Waals surface area contributed by atoms with E-state index in [1.807, 2.05) is 0 Å². The lowest BCUT2D eigenvalue weighted by molar-refractivity contribution is 0.156. The van der Waals surface area contributed by atoms with Crippen LogP contribution in [0.3, 0.4) is 0 Å². The quantitative estimate of drug-likeness (QED) is 0.672. The first-order valence-corrected chi connectivity index (χ1v) is 7.59. The fraction of sp³-hybridized carbons (Fsp3) is 0.562. The highest BCUT2D eigenvalue weighted by Crippen LogP contribution is 2.38. The molecule has 0 radical (unpaired) electrons. The number of rotatable bonds is 2. The van der Waals surface area contributed by atoms with Crippen LogP contribution < -0.4 is 5.32 Å². The van der Waals surface area contributed by atoms with Crippen molar-refractivity contribution in [1.29, 1.82) is 0 Å². The molecule has 0 amide bonds. The van der Waals surface area contributed by atoms with Crippen molar-refractivity contribution < 1.29 is 13.5 Å². The predicted molar refractivity (Wildman–Crippen MR) is 80.6 cm³/mol. The molecule has 120 valence electrons. The first-order valence-electron chi connectivity index (χ1n) is 7.59. The van der Waals surface area contributed by atoms with Crippen molar-refractivity contribution in [3.63, 3.8) is 0 Å². The van der Waals surface area contributed by atoms with Gasteiger partial charge >= 0.3 is 0 Å². The molecule has 0 saturated carbocycles. The number of benzene rings is 1. The lowest BCUT2D eigenvalue weighted by atomic mass is 9.87. The van der Waals surface area contributed by atoms with Gasteiger partial charge in [-0.15, -0.1) is 0 Å². The zero-order chi connectivity index (χ0) is 15.6. The number of hydrogen-bond donors (Lipinski definition) is 1. The molecule has 2 aliphatic heterocycles. The van der Waals surface area contributed by atoms with Crippen LogP contribution in [0.4, 0.5) is 8.78 Å². The molecule has 6 heteroatoms. The number of ether oxygens (including phenoxy) is 1. The van der Waals surface area contributed by atoms with Gasteiger partial charge < -0.3 is 15.0 Å². The van der Waals surface area contributed by atoms with Crippen molar-refractivity contribution in [2.24, 2.45) is 10.4 Å². The van der Waals surface area contributed by atoms with Gasteiger partial charge in [0.1, 0.15) is 11.6 Å². The van der Waals surface area contributed by atoms with E-state index in [9.17, 15) is 8.78 Å². The van der Waals surface area contributed by atoms with E-state index in [-0.39, 0.29) is 5.41 Å². The molecule has 4 nitrogen and oxygen atoms in total. The highest BCUT2D eigenvalue weighted by Gasteiger charge is 2.42. The van der Waals surface area contributed by atoms with Gasteiger partial charge in [0.15, 0.2) is 5.96 Å². The van der Waals surface area contributed by atoms with Crippen molar-refractivity contribution in [2.45, 2.75) is 19.4 Å². The molecule has 2 heterocycles. The zero-order valence-electron chi connectivity index (χ0n) is 12.7. The zero-order valence-corrected chi connectivity index (χ0v) is 12.7. The summed E-state index contributed by atoms with van der Waals surface area (Å²) in [5.74, 6) is -0.349.